The van der Waals surface area contributed by atoms with E-state index < -0.39 is 0 Å². The van der Waals surface area contributed by atoms with Crippen molar-refractivity contribution in [1.82, 2.24) is 4.90 Å². The number of carbonyl (C=O) groups excluding carboxylic acids is 1. The molecule has 3 nitrogen and oxygen atoms in total. The van der Waals surface area contributed by atoms with Crippen LogP contribution in [-0.4, -0.2) is 24.4 Å². The van der Waals surface area contributed by atoms with E-state index in [9.17, 15) is 4.79 Å². The van der Waals surface area contributed by atoms with Crippen molar-refractivity contribution >= 4 is 11.6 Å². The van der Waals surface area contributed by atoms with E-state index in [4.69, 9.17) is 5.73 Å². The first-order chi connectivity index (χ1) is 9.65. The maximum atomic E-state index is 12.2. The molecule has 3 heteroatoms. The molecule has 2 rings (SSSR count). The van der Waals surface area contributed by atoms with Crippen LogP contribution in [0.5, 0.6) is 0 Å². The van der Waals surface area contributed by atoms with Crippen molar-refractivity contribution in [3.8, 4) is 0 Å². The summed E-state index contributed by atoms with van der Waals surface area (Å²) in [6.07, 6.45) is 7.99. The van der Waals surface area contributed by atoms with Crippen molar-refractivity contribution in [3.63, 3.8) is 0 Å². The van der Waals surface area contributed by atoms with Gasteiger partial charge in [-0.15, -0.1) is 0 Å². The summed E-state index contributed by atoms with van der Waals surface area (Å²) in [7, 11) is 1.94. The van der Waals surface area contributed by atoms with Crippen LogP contribution in [0.2, 0.25) is 0 Å². The van der Waals surface area contributed by atoms with E-state index in [2.05, 4.69) is 0 Å². The lowest BCUT2D eigenvalue weighted by Gasteiger charge is -2.27. The minimum absolute atomic E-state index is 0.257. The second-order valence-electron chi connectivity index (χ2n) is 6.02. The highest BCUT2D eigenvalue weighted by atomic mass is 16.2. The van der Waals surface area contributed by atoms with Crippen molar-refractivity contribution in [1.29, 1.82) is 0 Å². The molecule has 0 spiro atoms. The fraction of sp³-hybridized carbons (Fsp3) is 0.588. The lowest BCUT2D eigenvalue weighted by atomic mass is 9.89. The Morgan fingerprint density at radius 1 is 1.20 bits per heavy atom. The molecule has 1 aliphatic carbocycles. The number of nitrogen functional groups attached to an aromatic ring is 1. The van der Waals surface area contributed by atoms with Gasteiger partial charge in [-0.05, 0) is 42.9 Å². The third-order valence-electron chi connectivity index (χ3n) is 4.29. The predicted molar refractivity (Wildman–Crippen MR) is 83.4 cm³/mol. The molecular formula is C17H26N2O. The zero-order chi connectivity index (χ0) is 14.4. The number of hydrogen-bond acceptors (Lipinski definition) is 2. The van der Waals surface area contributed by atoms with E-state index >= 15 is 0 Å². The van der Waals surface area contributed by atoms with Crippen LogP contribution >= 0.6 is 0 Å². The van der Waals surface area contributed by atoms with Crippen molar-refractivity contribution in [2.45, 2.75) is 44.9 Å². The highest BCUT2D eigenvalue weighted by Crippen LogP contribution is 2.24. The first-order valence-electron chi connectivity index (χ1n) is 7.73. The molecule has 0 atom stereocenters. The molecule has 110 valence electrons. The largest absolute Gasteiger partial charge is 0.399 e. The van der Waals surface area contributed by atoms with Gasteiger partial charge < -0.3 is 10.6 Å². The van der Waals surface area contributed by atoms with E-state index in [0.717, 1.165) is 18.7 Å². The van der Waals surface area contributed by atoms with Crippen LogP contribution in [0.25, 0.3) is 0 Å². The Bertz CT molecular complexity index is 421. The highest BCUT2D eigenvalue weighted by Gasteiger charge is 2.17. The molecule has 1 fully saturated rings. The Hall–Kier alpha value is -1.51. The summed E-state index contributed by atoms with van der Waals surface area (Å²) >= 11 is 0. The molecule has 0 unspecified atom stereocenters. The number of anilines is 1. The number of aryl methyl sites for hydroxylation is 1. The number of carbonyl (C=O) groups is 1. The minimum atomic E-state index is 0.257. The molecule has 2 N–H and O–H groups in total. The van der Waals surface area contributed by atoms with Crippen molar-refractivity contribution in [2.24, 2.45) is 5.92 Å². The molecule has 0 heterocycles. The highest BCUT2D eigenvalue weighted by molar-refractivity contribution is 5.76. The fourth-order valence-corrected chi connectivity index (χ4v) is 2.99. The molecule has 0 aliphatic heterocycles. The first kappa shape index (κ1) is 14.9. The van der Waals surface area contributed by atoms with Gasteiger partial charge in [0.2, 0.25) is 5.91 Å². The Kier molecular flexibility index (Phi) is 5.45. The summed E-state index contributed by atoms with van der Waals surface area (Å²) in [5, 5.41) is 0. The summed E-state index contributed by atoms with van der Waals surface area (Å²) in [6, 6.07) is 7.80. The Labute approximate surface area is 122 Å². The summed E-state index contributed by atoms with van der Waals surface area (Å²) < 4.78 is 0. The average molecular weight is 274 g/mol. The van der Waals surface area contributed by atoms with Crippen LogP contribution in [0.3, 0.4) is 0 Å². The van der Waals surface area contributed by atoms with Crippen LogP contribution in [-0.2, 0) is 11.2 Å². The van der Waals surface area contributed by atoms with E-state index in [0.29, 0.717) is 12.3 Å². The third-order valence-corrected chi connectivity index (χ3v) is 4.29. The summed E-state index contributed by atoms with van der Waals surface area (Å²) in [4.78, 5) is 14.1. The van der Waals surface area contributed by atoms with Crippen molar-refractivity contribution < 1.29 is 4.79 Å². The van der Waals surface area contributed by atoms with Crippen molar-refractivity contribution in [2.75, 3.05) is 19.3 Å². The van der Waals surface area contributed by atoms with Gasteiger partial charge in [0.25, 0.3) is 0 Å². The number of nitrogens with two attached hydrogens (primary N) is 1. The monoisotopic (exact) mass is 274 g/mol. The normalized spacial score (nSPS) is 16.1. The third kappa shape index (κ3) is 4.55. The molecule has 0 radical (unpaired) electrons. The second kappa shape index (κ2) is 7.32. The zero-order valence-corrected chi connectivity index (χ0v) is 12.5. The second-order valence-corrected chi connectivity index (χ2v) is 6.02. The maximum Gasteiger partial charge on any atom is 0.222 e. The van der Waals surface area contributed by atoms with E-state index in [1.54, 1.807) is 0 Å². The van der Waals surface area contributed by atoms with Gasteiger partial charge in [-0.25, -0.2) is 0 Å². The number of amides is 1. The number of hydrogen-bond donors (Lipinski definition) is 1. The number of nitrogens with zero attached hydrogens (tertiary/aromatic N) is 1. The van der Waals surface area contributed by atoms with E-state index in [-0.39, 0.29) is 5.91 Å². The quantitative estimate of drug-likeness (QED) is 0.838. The number of rotatable bonds is 5. The summed E-state index contributed by atoms with van der Waals surface area (Å²) in [5.74, 6) is 0.974. The molecule has 1 aromatic carbocycles. The van der Waals surface area contributed by atoms with Crippen LogP contribution in [0, 0.1) is 5.92 Å². The molecule has 1 aromatic rings. The SMILES string of the molecule is CN(CC1CCCCC1)C(=O)CCc1ccc(N)cc1. The van der Waals surface area contributed by atoms with Gasteiger partial charge in [-0.2, -0.15) is 0 Å². The van der Waals surface area contributed by atoms with E-state index in [1.165, 1.54) is 37.7 Å². The standard InChI is InChI=1S/C17H26N2O/c1-19(13-15-5-3-2-4-6-15)17(20)12-9-14-7-10-16(18)11-8-14/h7-8,10-11,15H,2-6,9,12-13,18H2,1H3. The fourth-order valence-electron chi connectivity index (χ4n) is 2.99. The molecule has 20 heavy (non-hydrogen) atoms. The van der Waals surface area contributed by atoms with Gasteiger partial charge >= 0.3 is 0 Å². The maximum absolute atomic E-state index is 12.2. The topological polar surface area (TPSA) is 46.3 Å². The van der Waals surface area contributed by atoms with Crippen LogP contribution in [0.4, 0.5) is 5.69 Å². The summed E-state index contributed by atoms with van der Waals surface area (Å²) in [5.41, 5.74) is 7.61. The Balaban J connectivity index is 1.74. The smallest absolute Gasteiger partial charge is 0.222 e. The molecule has 1 amide bonds. The zero-order valence-electron chi connectivity index (χ0n) is 12.5. The van der Waals surface area contributed by atoms with Gasteiger partial charge in [-0.3, -0.25) is 4.79 Å². The molecule has 0 aromatic heterocycles. The molecule has 1 aliphatic rings. The van der Waals surface area contributed by atoms with Crippen molar-refractivity contribution in [3.05, 3.63) is 29.8 Å². The Morgan fingerprint density at radius 3 is 2.50 bits per heavy atom. The first-order valence-corrected chi connectivity index (χ1v) is 7.73. The Morgan fingerprint density at radius 2 is 1.85 bits per heavy atom. The average Bonchev–Trinajstić information content (AvgIpc) is 2.47. The molecule has 0 saturated heterocycles. The number of benzene rings is 1. The summed E-state index contributed by atoms with van der Waals surface area (Å²) in [6.45, 7) is 0.931. The van der Waals surface area contributed by atoms with Crippen LogP contribution < -0.4 is 5.73 Å². The lowest BCUT2D eigenvalue weighted by Crippen LogP contribution is -2.32. The lowest BCUT2D eigenvalue weighted by molar-refractivity contribution is -0.130. The molecule has 0 bridgehead atoms. The van der Waals surface area contributed by atoms with Gasteiger partial charge in [0.1, 0.15) is 0 Å². The van der Waals surface area contributed by atoms with Crippen LogP contribution in [0.1, 0.15) is 44.1 Å². The minimum Gasteiger partial charge on any atom is -0.399 e. The van der Waals surface area contributed by atoms with E-state index in [1.807, 2.05) is 36.2 Å². The van der Waals surface area contributed by atoms with Gasteiger partial charge in [-0.1, -0.05) is 31.4 Å². The van der Waals surface area contributed by atoms with Gasteiger partial charge in [0.05, 0.1) is 0 Å². The van der Waals surface area contributed by atoms with Gasteiger partial charge in [0, 0.05) is 25.7 Å². The predicted octanol–water partition coefficient (Wildman–Crippen LogP) is 3.24. The molecule has 1 saturated carbocycles. The van der Waals surface area contributed by atoms with Crippen LogP contribution in [0.15, 0.2) is 24.3 Å². The van der Waals surface area contributed by atoms with Gasteiger partial charge in [0.15, 0.2) is 0 Å². The molecular weight excluding hydrogens is 248 g/mol.